The van der Waals surface area contributed by atoms with Crippen molar-refractivity contribution in [2.24, 2.45) is 17.8 Å². The van der Waals surface area contributed by atoms with E-state index in [0.717, 1.165) is 44.6 Å². The molecule has 0 spiro atoms. The summed E-state index contributed by atoms with van der Waals surface area (Å²) in [5.41, 5.74) is 7.28. The molecule has 0 aromatic rings. The molecule has 2 saturated carbocycles. The highest BCUT2D eigenvalue weighted by molar-refractivity contribution is 5.00. The molecule has 138 valence electrons. The molecule has 5 nitrogen and oxygen atoms in total. The maximum Gasteiger partial charge on any atom is 0.0604 e. The Hall–Kier alpha value is -0.200. The van der Waals surface area contributed by atoms with Crippen molar-refractivity contribution in [3.63, 3.8) is 0 Å². The third-order valence-electron chi connectivity index (χ3n) is 6.88. The third-order valence-corrected chi connectivity index (χ3v) is 6.88. The van der Waals surface area contributed by atoms with Crippen molar-refractivity contribution < 1.29 is 9.47 Å². The van der Waals surface area contributed by atoms with Crippen LogP contribution in [0, 0.1) is 17.8 Å². The van der Waals surface area contributed by atoms with Gasteiger partial charge in [-0.25, -0.2) is 0 Å². The molecule has 4 rings (SSSR count). The highest BCUT2D eigenvalue weighted by atomic mass is 16.5. The molecule has 4 aliphatic rings. The molecule has 0 aromatic heterocycles. The van der Waals surface area contributed by atoms with Gasteiger partial charge in [-0.2, -0.15) is 0 Å². The van der Waals surface area contributed by atoms with Gasteiger partial charge in [0.05, 0.1) is 18.8 Å². The summed E-state index contributed by atoms with van der Waals surface area (Å²) in [4.78, 5) is 0. The first-order chi connectivity index (χ1) is 11.8. The van der Waals surface area contributed by atoms with E-state index in [-0.39, 0.29) is 0 Å². The molecule has 2 aliphatic heterocycles. The standard InChI is InChI=1S/C19H35N3O2/c1-13-3-4-14-11-18(13)24-10-8-20-7-2-9-23-15-5-6-17-16(12-15)19(14)22-21-17/h13-22H,2-12H2,1H3. The van der Waals surface area contributed by atoms with E-state index in [1.54, 1.807) is 0 Å². The first-order valence-electron chi connectivity index (χ1n) is 10.3. The van der Waals surface area contributed by atoms with Crippen LogP contribution in [0.4, 0.5) is 0 Å². The Bertz CT molecular complexity index is 408. The molecule has 24 heavy (non-hydrogen) atoms. The van der Waals surface area contributed by atoms with Crippen LogP contribution in [-0.4, -0.2) is 50.6 Å². The van der Waals surface area contributed by atoms with Gasteiger partial charge in [0.2, 0.25) is 0 Å². The van der Waals surface area contributed by atoms with E-state index in [9.17, 15) is 0 Å². The molecular formula is C19H35N3O2. The maximum atomic E-state index is 6.27. The summed E-state index contributed by atoms with van der Waals surface area (Å²) in [5, 5.41) is 3.50. The second-order valence-corrected chi connectivity index (χ2v) is 8.45. The van der Waals surface area contributed by atoms with Crippen LogP contribution in [0.3, 0.4) is 0 Å². The van der Waals surface area contributed by atoms with Gasteiger partial charge in [-0.3, -0.25) is 10.9 Å². The van der Waals surface area contributed by atoms with Crippen LogP contribution in [0.2, 0.25) is 0 Å². The van der Waals surface area contributed by atoms with Crippen molar-refractivity contribution >= 4 is 0 Å². The largest absolute Gasteiger partial charge is 0.378 e. The topological polar surface area (TPSA) is 54.5 Å². The second kappa shape index (κ2) is 8.00. The summed E-state index contributed by atoms with van der Waals surface area (Å²) >= 11 is 0. The summed E-state index contributed by atoms with van der Waals surface area (Å²) in [7, 11) is 0. The minimum atomic E-state index is 0.437. The van der Waals surface area contributed by atoms with Crippen LogP contribution >= 0.6 is 0 Å². The Kier molecular flexibility index (Phi) is 5.74. The molecule has 2 saturated heterocycles. The fourth-order valence-corrected chi connectivity index (χ4v) is 5.39. The fourth-order valence-electron chi connectivity index (χ4n) is 5.39. The average molecular weight is 338 g/mol. The van der Waals surface area contributed by atoms with Crippen molar-refractivity contribution in [2.45, 2.75) is 76.2 Å². The van der Waals surface area contributed by atoms with Crippen molar-refractivity contribution in [1.82, 2.24) is 16.2 Å². The first-order valence-corrected chi connectivity index (χ1v) is 10.3. The lowest BCUT2D eigenvalue weighted by Crippen LogP contribution is -2.44. The Morgan fingerprint density at radius 2 is 1.83 bits per heavy atom. The molecule has 0 radical (unpaired) electrons. The zero-order chi connectivity index (χ0) is 16.4. The van der Waals surface area contributed by atoms with E-state index in [4.69, 9.17) is 9.47 Å². The number of fused-ring (bicyclic) bond motifs is 4. The van der Waals surface area contributed by atoms with Gasteiger partial charge in [-0.05, 0) is 69.2 Å². The predicted octanol–water partition coefficient (Wildman–Crippen LogP) is 1.83. The lowest BCUT2D eigenvalue weighted by molar-refractivity contribution is -0.0298. The van der Waals surface area contributed by atoms with Gasteiger partial charge in [0.15, 0.2) is 0 Å². The molecule has 5 heteroatoms. The second-order valence-electron chi connectivity index (χ2n) is 8.45. The van der Waals surface area contributed by atoms with Gasteiger partial charge in [-0.1, -0.05) is 6.92 Å². The van der Waals surface area contributed by atoms with Crippen LogP contribution in [0.25, 0.3) is 0 Å². The predicted molar refractivity (Wildman–Crippen MR) is 94.7 cm³/mol. The fraction of sp³-hybridized carbons (Fsp3) is 1.00. The minimum Gasteiger partial charge on any atom is -0.378 e. The highest BCUT2D eigenvalue weighted by Gasteiger charge is 2.45. The molecule has 3 N–H and O–H groups in total. The van der Waals surface area contributed by atoms with Crippen LogP contribution in [0.15, 0.2) is 0 Å². The molecule has 7 unspecified atom stereocenters. The zero-order valence-electron chi connectivity index (χ0n) is 15.1. The normalized spacial score (nSPS) is 47.6. The monoisotopic (exact) mass is 337 g/mol. The van der Waals surface area contributed by atoms with Gasteiger partial charge in [-0.15, -0.1) is 0 Å². The molecular weight excluding hydrogens is 302 g/mol. The van der Waals surface area contributed by atoms with Crippen molar-refractivity contribution in [3.8, 4) is 0 Å². The Morgan fingerprint density at radius 3 is 2.79 bits per heavy atom. The molecule has 4 bridgehead atoms. The number of hydrogen-bond acceptors (Lipinski definition) is 5. The molecule has 0 aromatic carbocycles. The van der Waals surface area contributed by atoms with Crippen LogP contribution in [0.1, 0.15) is 51.9 Å². The zero-order valence-corrected chi connectivity index (χ0v) is 15.1. The van der Waals surface area contributed by atoms with Gasteiger partial charge in [0, 0.05) is 25.2 Å². The summed E-state index contributed by atoms with van der Waals surface area (Å²) < 4.78 is 12.5. The minimum absolute atomic E-state index is 0.437. The number of rotatable bonds is 0. The molecule has 0 amide bonds. The Labute approximate surface area is 146 Å². The quantitative estimate of drug-likeness (QED) is 0.630. The molecule has 4 fully saturated rings. The maximum absolute atomic E-state index is 6.27. The highest BCUT2D eigenvalue weighted by Crippen LogP contribution is 2.40. The van der Waals surface area contributed by atoms with Crippen LogP contribution < -0.4 is 16.2 Å². The smallest absolute Gasteiger partial charge is 0.0604 e. The van der Waals surface area contributed by atoms with Crippen molar-refractivity contribution in [1.29, 1.82) is 0 Å². The van der Waals surface area contributed by atoms with Gasteiger partial charge < -0.3 is 14.8 Å². The van der Waals surface area contributed by atoms with Gasteiger partial charge in [0.25, 0.3) is 0 Å². The summed E-state index contributed by atoms with van der Waals surface area (Å²) in [6.07, 6.45) is 9.56. The van der Waals surface area contributed by atoms with Gasteiger partial charge in [0.1, 0.15) is 0 Å². The van der Waals surface area contributed by atoms with Crippen molar-refractivity contribution in [2.75, 3.05) is 26.3 Å². The number of hydrazine groups is 1. The lowest BCUT2D eigenvalue weighted by Gasteiger charge is -2.40. The van der Waals surface area contributed by atoms with E-state index in [1.165, 1.54) is 38.5 Å². The summed E-state index contributed by atoms with van der Waals surface area (Å²) in [5.74, 6) is 2.17. The number of nitrogens with one attached hydrogen (secondary N) is 3. The van der Waals surface area contributed by atoms with Gasteiger partial charge >= 0.3 is 0 Å². The number of ether oxygens (including phenoxy) is 2. The third kappa shape index (κ3) is 3.80. The van der Waals surface area contributed by atoms with E-state index in [0.29, 0.717) is 30.2 Å². The lowest BCUT2D eigenvalue weighted by atomic mass is 9.70. The Morgan fingerprint density at radius 1 is 0.875 bits per heavy atom. The van der Waals surface area contributed by atoms with Crippen LogP contribution in [0.5, 0.6) is 0 Å². The van der Waals surface area contributed by atoms with E-state index < -0.39 is 0 Å². The molecule has 2 heterocycles. The molecule has 2 aliphatic carbocycles. The number of hydrogen-bond donors (Lipinski definition) is 3. The van der Waals surface area contributed by atoms with Crippen molar-refractivity contribution in [3.05, 3.63) is 0 Å². The van der Waals surface area contributed by atoms with Crippen LogP contribution in [-0.2, 0) is 9.47 Å². The van der Waals surface area contributed by atoms with E-state index in [2.05, 4.69) is 23.1 Å². The van der Waals surface area contributed by atoms with E-state index in [1.807, 2.05) is 0 Å². The van der Waals surface area contributed by atoms with E-state index >= 15 is 0 Å². The first kappa shape index (κ1) is 17.2. The molecule has 7 atom stereocenters. The Balaban J connectivity index is 1.46. The summed E-state index contributed by atoms with van der Waals surface area (Å²) in [6, 6.07) is 1.24. The SMILES string of the molecule is CC1CCC2CC1OCCNCCCOC1CCC3NNC2C3C1. The average Bonchev–Trinajstić information content (AvgIpc) is 3.01. The summed E-state index contributed by atoms with van der Waals surface area (Å²) in [6.45, 7) is 6.11.